The highest BCUT2D eigenvalue weighted by molar-refractivity contribution is 5.48. The molecular formula is C7H4N4O4. The van der Waals surface area contributed by atoms with Crippen molar-refractivity contribution in [1.29, 1.82) is 0 Å². The van der Waals surface area contributed by atoms with Gasteiger partial charge in [-0.3, -0.25) is 10.1 Å². The average molecular weight is 208 g/mol. The van der Waals surface area contributed by atoms with Gasteiger partial charge < -0.3 is 10.1 Å². The minimum Gasteiger partial charge on any atom is -0.358 e. The highest BCUT2D eigenvalue weighted by Crippen LogP contribution is 2.18. The van der Waals surface area contributed by atoms with E-state index in [0.29, 0.717) is 5.65 Å². The van der Waals surface area contributed by atoms with E-state index in [1.165, 1.54) is 12.1 Å². The third-order valence-electron chi connectivity index (χ3n) is 1.87. The molecule has 0 saturated heterocycles. The van der Waals surface area contributed by atoms with Crippen molar-refractivity contribution in [2.24, 2.45) is 0 Å². The zero-order chi connectivity index (χ0) is 11.0. The van der Waals surface area contributed by atoms with Crippen LogP contribution < -0.4 is 0 Å². The molecular weight excluding hydrogens is 204 g/mol. The maximum atomic E-state index is 10.5. The Balaban J connectivity index is 2.72. The van der Waals surface area contributed by atoms with Crippen molar-refractivity contribution in [3.05, 3.63) is 44.8 Å². The van der Waals surface area contributed by atoms with Gasteiger partial charge in [-0.25, -0.2) is 4.98 Å². The van der Waals surface area contributed by atoms with E-state index in [0.717, 1.165) is 16.8 Å². The van der Waals surface area contributed by atoms with Crippen molar-refractivity contribution in [2.45, 2.75) is 0 Å². The van der Waals surface area contributed by atoms with E-state index in [1.807, 2.05) is 0 Å². The van der Waals surface area contributed by atoms with Crippen molar-refractivity contribution >= 4 is 17.2 Å². The summed E-state index contributed by atoms with van der Waals surface area (Å²) in [6.45, 7) is 0. The fourth-order valence-corrected chi connectivity index (χ4v) is 1.20. The molecule has 2 aromatic rings. The normalized spacial score (nSPS) is 10.4. The molecule has 0 aromatic carbocycles. The molecule has 8 heteroatoms. The fraction of sp³-hybridized carbons (Fsp3) is 0. The Morgan fingerprint density at radius 3 is 2.53 bits per heavy atom. The van der Waals surface area contributed by atoms with Gasteiger partial charge >= 0.3 is 11.5 Å². The second kappa shape index (κ2) is 3.01. The lowest BCUT2D eigenvalue weighted by atomic mass is 10.4. The predicted octanol–water partition coefficient (Wildman–Crippen LogP) is 1.15. The summed E-state index contributed by atoms with van der Waals surface area (Å²) in [6.07, 6.45) is 2.12. The number of aromatic nitrogens is 2. The number of hydrogen-bond acceptors (Lipinski definition) is 5. The first-order valence-electron chi connectivity index (χ1n) is 3.85. The van der Waals surface area contributed by atoms with Gasteiger partial charge in [0.2, 0.25) is 5.65 Å². The molecule has 2 heterocycles. The summed E-state index contributed by atoms with van der Waals surface area (Å²) in [6, 6.07) is 2.59. The molecule has 0 bridgehead atoms. The molecule has 0 amide bonds. The number of rotatable bonds is 2. The minimum atomic E-state index is -0.649. The second-order valence-electron chi connectivity index (χ2n) is 2.75. The van der Waals surface area contributed by atoms with E-state index in [2.05, 4.69) is 4.98 Å². The van der Waals surface area contributed by atoms with Crippen molar-refractivity contribution in [3.8, 4) is 0 Å². The Morgan fingerprint density at radius 1 is 1.20 bits per heavy atom. The van der Waals surface area contributed by atoms with Gasteiger partial charge in [0.25, 0.3) is 0 Å². The van der Waals surface area contributed by atoms with Crippen molar-refractivity contribution in [1.82, 2.24) is 9.38 Å². The molecule has 0 N–H and O–H groups in total. The molecule has 0 spiro atoms. The van der Waals surface area contributed by atoms with Gasteiger partial charge in [0, 0.05) is 12.1 Å². The molecule has 0 fully saturated rings. The molecule has 0 aliphatic heterocycles. The summed E-state index contributed by atoms with van der Waals surface area (Å²) in [5, 5.41) is 21.0. The lowest BCUT2D eigenvalue weighted by molar-refractivity contribution is -0.392. The van der Waals surface area contributed by atoms with Crippen LogP contribution in [0.2, 0.25) is 0 Å². The predicted molar refractivity (Wildman–Crippen MR) is 48.5 cm³/mol. The van der Waals surface area contributed by atoms with Gasteiger partial charge in [0.15, 0.2) is 6.20 Å². The summed E-state index contributed by atoms with van der Waals surface area (Å²) in [5.41, 5.74) is 0.0795. The quantitative estimate of drug-likeness (QED) is 0.543. The molecule has 2 aromatic heterocycles. The molecule has 15 heavy (non-hydrogen) atoms. The molecule has 0 radical (unpaired) electrons. The Bertz CT molecular complexity index is 561. The lowest BCUT2D eigenvalue weighted by Crippen LogP contribution is -1.96. The van der Waals surface area contributed by atoms with Crippen molar-refractivity contribution < 1.29 is 9.85 Å². The van der Waals surface area contributed by atoms with E-state index in [4.69, 9.17) is 0 Å². The largest absolute Gasteiger partial charge is 0.358 e. The van der Waals surface area contributed by atoms with Gasteiger partial charge in [-0.2, -0.15) is 4.40 Å². The highest BCUT2D eigenvalue weighted by Gasteiger charge is 2.17. The topological polar surface area (TPSA) is 104 Å². The van der Waals surface area contributed by atoms with E-state index in [9.17, 15) is 20.2 Å². The Labute approximate surface area is 82.1 Å². The van der Waals surface area contributed by atoms with Crippen molar-refractivity contribution in [2.75, 3.05) is 0 Å². The Hall–Kier alpha value is -2.51. The van der Waals surface area contributed by atoms with Crippen LogP contribution in [0, 0.1) is 20.2 Å². The van der Waals surface area contributed by atoms with Gasteiger partial charge in [0.05, 0.1) is 4.92 Å². The van der Waals surface area contributed by atoms with Crippen LogP contribution in [-0.4, -0.2) is 19.2 Å². The number of fused-ring (bicyclic) bond motifs is 1. The summed E-state index contributed by atoms with van der Waals surface area (Å²) >= 11 is 0. The SMILES string of the molecule is O=[N+]([O-])c1ccc2ncc([N+](=O)[O-])n2c1. The van der Waals surface area contributed by atoms with E-state index in [-0.39, 0.29) is 11.5 Å². The third kappa shape index (κ3) is 1.37. The first kappa shape index (κ1) is 9.06. The van der Waals surface area contributed by atoms with Crippen LogP contribution in [-0.2, 0) is 0 Å². The summed E-state index contributed by atoms with van der Waals surface area (Å²) in [7, 11) is 0. The first-order chi connectivity index (χ1) is 7.09. The maximum Gasteiger partial charge on any atom is 0.348 e. The van der Waals surface area contributed by atoms with Crippen LogP contribution in [0.3, 0.4) is 0 Å². The number of imidazole rings is 1. The summed E-state index contributed by atoms with van der Waals surface area (Å²) < 4.78 is 1.07. The monoisotopic (exact) mass is 208 g/mol. The Morgan fingerprint density at radius 2 is 1.93 bits per heavy atom. The van der Waals surface area contributed by atoms with Gasteiger partial charge in [-0.15, -0.1) is 0 Å². The van der Waals surface area contributed by atoms with E-state index in [1.54, 1.807) is 0 Å². The lowest BCUT2D eigenvalue weighted by Gasteiger charge is -1.92. The van der Waals surface area contributed by atoms with Crippen LogP contribution in [0.5, 0.6) is 0 Å². The summed E-state index contributed by atoms with van der Waals surface area (Å²) in [4.78, 5) is 23.4. The third-order valence-corrected chi connectivity index (χ3v) is 1.87. The van der Waals surface area contributed by atoms with E-state index >= 15 is 0 Å². The molecule has 0 unspecified atom stereocenters. The zero-order valence-corrected chi connectivity index (χ0v) is 7.23. The van der Waals surface area contributed by atoms with Gasteiger partial charge in [-0.1, -0.05) is 0 Å². The van der Waals surface area contributed by atoms with Gasteiger partial charge in [-0.05, 0) is 4.92 Å². The zero-order valence-electron chi connectivity index (χ0n) is 7.23. The standard InChI is InChI=1S/C7H4N4O4/c12-10(13)5-1-2-6-8-3-7(11(14)15)9(6)4-5/h1-4H. The fourth-order valence-electron chi connectivity index (χ4n) is 1.20. The molecule has 0 saturated carbocycles. The van der Waals surface area contributed by atoms with Crippen LogP contribution >= 0.6 is 0 Å². The molecule has 0 atom stereocenters. The molecule has 0 aliphatic carbocycles. The molecule has 2 rings (SSSR count). The van der Waals surface area contributed by atoms with Crippen LogP contribution in [0.25, 0.3) is 5.65 Å². The maximum absolute atomic E-state index is 10.5. The van der Waals surface area contributed by atoms with Gasteiger partial charge in [0.1, 0.15) is 6.20 Å². The highest BCUT2D eigenvalue weighted by atomic mass is 16.6. The second-order valence-corrected chi connectivity index (χ2v) is 2.75. The minimum absolute atomic E-state index is 0.219. The summed E-state index contributed by atoms with van der Waals surface area (Å²) in [5.74, 6) is -0.297. The molecule has 0 aliphatic rings. The van der Waals surface area contributed by atoms with Crippen molar-refractivity contribution in [3.63, 3.8) is 0 Å². The molecule has 76 valence electrons. The van der Waals surface area contributed by atoms with Crippen LogP contribution in [0.15, 0.2) is 24.5 Å². The number of nitro groups is 2. The van der Waals surface area contributed by atoms with Crippen LogP contribution in [0.1, 0.15) is 0 Å². The smallest absolute Gasteiger partial charge is 0.348 e. The first-order valence-corrected chi connectivity index (χ1v) is 3.85. The Kier molecular flexibility index (Phi) is 1.82. The number of pyridine rings is 1. The average Bonchev–Trinajstić information content (AvgIpc) is 2.59. The number of hydrogen-bond donors (Lipinski definition) is 0. The van der Waals surface area contributed by atoms with E-state index < -0.39 is 9.85 Å². The number of nitrogens with zero attached hydrogens (tertiary/aromatic N) is 4. The van der Waals surface area contributed by atoms with Crippen LogP contribution in [0.4, 0.5) is 11.5 Å². The molecule has 8 nitrogen and oxygen atoms in total.